The average Bonchev–Trinajstić information content (AvgIpc) is 3.06. The van der Waals surface area contributed by atoms with E-state index in [-0.39, 0.29) is 0 Å². The highest BCUT2D eigenvalue weighted by atomic mass is 15.3. The van der Waals surface area contributed by atoms with Crippen LogP contribution in [0.2, 0.25) is 0 Å². The number of nitrogens with one attached hydrogen (secondary N) is 2. The van der Waals surface area contributed by atoms with E-state index in [4.69, 9.17) is 0 Å². The third kappa shape index (κ3) is 2.40. The molecule has 0 bridgehead atoms. The van der Waals surface area contributed by atoms with Gasteiger partial charge in [-0.3, -0.25) is 4.40 Å². The number of imidazole rings is 1. The third-order valence-corrected chi connectivity index (χ3v) is 2.94. The van der Waals surface area contributed by atoms with Crippen molar-refractivity contribution in [1.29, 1.82) is 0 Å². The molecule has 98 valence electrons. The predicted octanol–water partition coefficient (Wildman–Crippen LogP) is 1.20. The van der Waals surface area contributed by atoms with Crippen LogP contribution >= 0.6 is 0 Å². The molecule has 3 heterocycles. The molecule has 3 aromatic heterocycles. The van der Waals surface area contributed by atoms with Crippen molar-refractivity contribution < 1.29 is 0 Å². The fourth-order valence-electron chi connectivity index (χ4n) is 1.96. The molecule has 3 rings (SSSR count). The van der Waals surface area contributed by atoms with Gasteiger partial charge in [0, 0.05) is 37.8 Å². The minimum absolute atomic E-state index is 0.762. The number of aromatic nitrogens is 6. The number of rotatable bonds is 5. The summed E-state index contributed by atoms with van der Waals surface area (Å²) < 4.78 is 1.92. The van der Waals surface area contributed by atoms with Gasteiger partial charge in [-0.15, -0.1) is 10.2 Å². The number of aromatic amines is 1. The van der Waals surface area contributed by atoms with Crippen LogP contribution in [0.15, 0.2) is 24.8 Å². The summed E-state index contributed by atoms with van der Waals surface area (Å²) in [6.45, 7) is 2.74. The van der Waals surface area contributed by atoms with Gasteiger partial charge in [0.15, 0.2) is 5.82 Å². The topological polar surface area (TPSA) is 83.8 Å². The van der Waals surface area contributed by atoms with Crippen LogP contribution < -0.4 is 5.32 Å². The highest BCUT2D eigenvalue weighted by Gasteiger charge is 2.06. The van der Waals surface area contributed by atoms with Crippen molar-refractivity contribution in [3.63, 3.8) is 0 Å². The molecule has 0 aliphatic heterocycles. The number of hydrogen-bond donors (Lipinski definition) is 2. The second kappa shape index (κ2) is 5.05. The van der Waals surface area contributed by atoms with Gasteiger partial charge in [-0.05, 0) is 13.3 Å². The highest BCUT2D eigenvalue weighted by Crippen LogP contribution is 2.11. The molecule has 19 heavy (non-hydrogen) atoms. The van der Waals surface area contributed by atoms with Gasteiger partial charge in [-0.2, -0.15) is 0 Å². The molecule has 0 aliphatic rings. The molecule has 3 aromatic rings. The van der Waals surface area contributed by atoms with Crippen molar-refractivity contribution in [3.05, 3.63) is 36.4 Å². The first-order chi connectivity index (χ1) is 9.34. The van der Waals surface area contributed by atoms with Crippen LogP contribution in [0.5, 0.6) is 0 Å². The maximum atomic E-state index is 4.30. The molecule has 0 amide bonds. The van der Waals surface area contributed by atoms with Gasteiger partial charge >= 0.3 is 0 Å². The van der Waals surface area contributed by atoms with Crippen molar-refractivity contribution in [2.45, 2.75) is 19.8 Å². The van der Waals surface area contributed by atoms with Crippen LogP contribution in [0.4, 0.5) is 5.82 Å². The minimum atomic E-state index is 0.762. The Hall–Kier alpha value is -2.44. The van der Waals surface area contributed by atoms with E-state index in [9.17, 15) is 0 Å². The molecule has 2 N–H and O–H groups in total. The van der Waals surface area contributed by atoms with Crippen molar-refractivity contribution in [2.75, 3.05) is 11.9 Å². The first kappa shape index (κ1) is 11.6. The molecule has 0 atom stereocenters. The smallest absolute Gasteiger partial charge is 0.203 e. The summed E-state index contributed by atoms with van der Waals surface area (Å²) in [6, 6.07) is 0. The summed E-state index contributed by atoms with van der Waals surface area (Å²) in [5.74, 6) is 2.63. The van der Waals surface area contributed by atoms with Gasteiger partial charge < -0.3 is 10.3 Å². The summed E-state index contributed by atoms with van der Waals surface area (Å²) >= 11 is 0. The van der Waals surface area contributed by atoms with Gasteiger partial charge in [0.1, 0.15) is 11.6 Å². The molecule has 7 nitrogen and oxygen atoms in total. The van der Waals surface area contributed by atoms with E-state index in [2.05, 4.69) is 30.5 Å². The zero-order valence-electron chi connectivity index (χ0n) is 10.7. The SMILES string of the molecule is Cc1nnc2c(NCCCc3ncc[nH]3)nccn12. The monoisotopic (exact) mass is 257 g/mol. The molecule has 0 unspecified atom stereocenters. The van der Waals surface area contributed by atoms with Crippen molar-refractivity contribution in [1.82, 2.24) is 29.5 Å². The van der Waals surface area contributed by atoms with E-state index in [0.717, 1.165) is 42.5 Å². The molecule has 7 heteroatoms. The lowest BCUT2D eigenvalue weighted by Gasteiger charge is -2.05. The lowest BCUT2D eigenvalue weighted by Crippen LogP contribution is -2.07. The Morgan fingerprint density at radius 1 is 1.26 bits per heavy atom. The number of aryl methyl sites for hydroxylation is 2. The van der Waals surface area contributed by atoms with E-state index in [1.165, 1.54) is 0 Å². The molecule has 0 saturated heterocycles. The summed E-state index contributed by atoms with van der Waals surface area (Å²) in [5, 5.41) is 11.4. The number of nitrogens with zero attached hydrogens (tertiary/aromatic N) is 5. The Morgan fingerprint density at radius 3 is 3.05 bits per heavy atom. The van der Waals surface area contributed by atoms with Crippen LogP contribution in [0.3, 0.4) is 0 Å². The Morgan fingerprint density at radius 2 is 2.21 bits per heavy atom. The van der Waals surface area contributed by atoms with Crippen molar-refractivity contribution >= 4 is 11.5 Å². The van der Waals surface area contributed by atoms with Gasteiger partial charge in [-0.25, -0.2) is 9.97 Å². The van der Waals surface area contributed by atoms with Crippen LogP contribution in [0, 0.1) is 6.92 Å². The fraction of sp³-hybridized carbons (Fsp3) is 0.333. The Balaban J connectivity index is 1.62. The maximum Gasteiger partial charge on any atom is 0.203 e. The largest absolute Gasteiger partial charge is 0.367 e. The van der Waals surface area contributed by atoms with Gasteiger partial charge in [0.05, 0.1) is 0 Å². The maximum absolute atomic E-state index is 4.30. The fourth-order valence-corrected chi connectivity index (χ4v) is 1.96. The van der Waals surface area contributed by atoms with Gasteiger partial charge in [0.25, 0.3) is 0 Å². The summed E-state index contributed by atoms with van der Waals surface area (Å²) in [5.41, 5.74) is 0.762. The Bertz CT molecular complexity index is 656. The molecular weight excluding hydrogens is 242 g/mol. The molecule has 0 aromatic carbocycles. The van der Waals surface area contributed by atoms with E-state index >= 15 is 0 Å². The van der Waals surface area contributed by atoms with E-state index < -0.39 is 0 Å². The van der Waals surface area contributed by atoms with E-state index in [1.807, 2.05) is 23.7 Å². The highest BCUT2D eigenvalue weighted by molar-refractivity contribution is 5.61. The second-order valence-electron chi connectivity index (χ2n) is 4.28. The Kier molecular flexibility index (Phi) is 3.09. The zero-order chi connectivity index (χ0) is 13.1. The van der Waals surface area contributed by atoms with Gasteiger partial charge in [-0.1, -0.05) is 0 Å². The lowest BCUT2D eigenvalue weighted by molar-refractivity contribution is 0.813. The second-order valence-corrected chi connectivity index (χ2v) is 4.28. The number of anilines is 1. The predicted molar refractivity (Wildman–Crippen MR) is 70.9 cm³/mol. The molecular formula is C12H15N7. The van der Waals surface area contributed by atoms with Crippen LogP contribution in [0.25, 0.3) is 5.65 Å². The summed E-state index contributed by atoms with van der Waals surface area (Å²) in [7, 11) is 0. The van der Waals surface area contributed by atoms with E-state index in [0.29, 0.717) is 0 Å². The average molecular weight is 257 g/mol. The third-order valence-electron chi connectivity index (χ3n) is 2.94. The zero-order valence-corrected chi connectivity index (χ0v) is 10.7. The molecule has 0 aliphatic carbocycles. The minimum Gasteiger partial charge on any atom is -0.367 e. The molecule has 0 fully saturated rings. The number of fused-ring (bicyclic) bond motifs is 1. The lowest BCUT2D eigenvalue weighted by atomic mass is 10.3. The molecule has 0 radical (unpaired) electrons. The first-order valence-electron chi connectivity index (χ1n) is 6.23. The summed E-state index contributed by atoms with van der Waals surface area (Å²) in [6.07, 6.45) is 9.10. The van der Waals surface area contributed by atoms with Gasteiger partial charge in [0.2, 0.25) is 5.65 Å². The van der Waals surface area contributed by atoms with Crippen LogP contribution in [-0.2, 0) is 6.42 Å². The molecule has 0 spiro atoms. The first-order valence-corrected chi connectivity index (χ1v) is 6.23. The van der Waals surface area contributed by atoms with Crippen molar-refractivity contribution in [2.24, 2.45) is 0 Å². The quantitative estimate of drug-likeness (QED) is 0.671. The standard InChI is InChI=1S/C12H15N7/c1-9-17-18-12-11(16-7-8-19(9)12)15-4-2-3-10-13-5-6-14-10/h5-8H,2-4H2,1H3,(H,13,14)(H,15,16). The molecule has 0 saturated carbocycles. The van der Waals surface area contributed by atoms with Crippen molar-refractivity contribution in [3.8, 4) is 0 Å². The summed E-state index contributed by atoms with van der Waals surface area (Å²) in [4.78, 5) is 11.6. The Labute approximate surface area is 110 Å². The van der Waals surface area contributed by atoms with E-state index in [1.54, 1.807) is 12.4 Å². The number of hydrogen-bond acceptors (Lipinski definition) is 5. The van der Waals surface area contributed by atoms with Crippen LogP contribution in [-0.4, -0.2) is 36.1 Å². The number of H-pyrrole nitrogens is 1. The van der Waals surface area contributed by atoms with Crippen LogP contribution in [0.1, 0.15) is 18.1 Å². The normalized spacial score (nSPS) is 11.0.